The van der Waals surface area contributed by atoms with E-state index >= 15 is 0 Å². The lowest BCUT2D eigenvalue weighted by molar-refractivity contribution is 0.0950. The number of rotatable bonds is 8. The molecule has 0 aliphatic heterocycles. The number of aromatic nitrogens is 2. The molecule has 2 aromatic heterocycles. The number of pyridine rings is 1. The van der Waals surface area contributed by atoms with Gasteiger partial charge in [0.1, 0.15) is 5.84 Å². The maximum atomic E-state index is 12.8. The predicted molar refractivity (Wildman–Crippen MR) is 126 cm³/mol. The van der Waals surface area contributed by atoms with Crippen LogP contribution in [0.4, 0.5) is 4.79 Å². The van der Waals surface area contributed by atoms with Gasteiger partial charge >= 0.3 is 6.09 Å². The van der Waals surface area contributed by atoms with Crippen molar-refractivity contribution in [2.75, 3.05) is 6.61 Å². The van der Waals surface area contributed by atoms with Gasteiger partial charge in [0.2, 0.25) is 0 Å². The zero-order chi connectivity index (χ0) is 23.8. The standard InChI is InChI=1S/C25H29N5O3/c1-4-13-33-25(32)29-23(26)21-7-5-19(6-8-21)15-28-24(31)22-14-17(2)30(18(22)3)16-20-9-11-27-12-10-20/h5-12,14H,4,13,15-16H2,1-3H3,(H,28,31)(H2,26,29,32). The lowest BCUT2D eigenvalue weighted by Gasteiger charge is -2.11. The molecule has 0 atom stereocenters. The van der Waals surface area contributed by atoms with Gasteiger partial charge in [-0.2, -0.15) is 0 Å². The largest absolute Gasteiger partial charge is 0.449 e. The van der Waals surface area contributed by atoms with Gasteiger partial charge in [0.05, 0.1) is 12.2 Å². The van der Waals surface area contributed by atoms with Crippen molar-refractivity contribution in [1.29, 1.82) is 5.41 Å². The van der Waals surface area contributed by atoms with Crippen molar-refractivity contribution in [2.45, 2.75) is 40.3 Å². The van der Waals surface area contributed by atoms with Gasteiger partial charge in [0, 0.05) is 42.4 Å². The van der Waals surface area contributed by atoms with E-state index in [0.29, 0.717) is 30.8 Å². The van der Waals surface area contributed by atoms with E-state index in [1.165, 1.54) is 0 Å². The quantitative estimate of drug-likeness (QED) is 0.359. The number of amidine groups is 1. The Labute approximate surface area is 193 Å². The van der Waals surface area contributed by atoms with E-state index in [-0.39, 0.29) is 11.7 Å². The van der Waals surface area contributed by atoms with Gasteiger partial charge in [-0.25, -0.2) is 4.79 Å². The summed E-state index contributed by atoms with van der Waals surface area (Å²) in [6.45, 7) is 7.18. The Kier molecular flexibility index (Phi) is 7.96. The monoisotopic (exact) mass is 447 g/mol. The summed E-state index contributed by atoms with van der Waals surface area (Å²) in [5, 5.41) is 13.3. The summed E-state index contributed by atoms with van der Waals surface area (Å²) in [5.74, 6) is -0.172. The average Bonchev–Trinajstić information content (AvgIpc) is 3.10. The lowest BCUT2D eigenvalue weighted by Crippen LogP contribution is -2.31. The number of carbonyl (C=O) groups is 2. The number of ether oxygens (including phenoxy) is 1. The van der Waals surface area contributed by atoms with E-state index in [9.17, 15) is 9.59 Å². The highest BCUT2D eigenvalue weighted by atomic mass is 16.5. The maximum Gasteiger partial charge on any atom is 0.412 e. The van der Waals surface area contributed by atoms with Crippen LogP contribution in [-0.2, 0) is 17.8 Å². The van der Waals surface area contributed by atoms with Crippen molar-refractivity contribution in [3.05, 3.63) is 88.5 Å². The minimum atomic E-state index is -0.639. The van der Waals surface area contributed by atoms with Gasteiger partial charge in [0.15, 0.2) is 0 Å². The van der Waals surface area contributed by atoms with Crippen LogP contribution in [0.25, 0.3) is 0 Å². The van der Waals surface area contributed by atoms with Gasteiger partial charge < -0.3 is 14.6 Å². The molecule has 3 rings (SSSR count). The second kappa shape index (κ2) is 11.1. The molecule has 0 radical (unpaired) electrons. The van der Waals surface area contributed by atoms with E-state index in [1.54, 1.807) is 24.5 Å². The summed E-state index contributed by atoms with van der Waals surface area (Å²) < 4.78 is 7.04. The minimum absolute atomic E-state index is 0.0340. The fourth-order valence-electron chi connectivity index (χ4n) is 3.42. The molecule has 2 amide bonds. The number of carbonyl (C=O) groups excluding carboxylic acids is 2. The van der Waals surface area contributed by atoms with Crippen LogP contribution in [0, 0.1) is 19.3 Å². The summed E-state index contributed by atoms with van der Waals surface area (Å²) in [6, 6.07) is 12.9. The second-order valence-corrected chi connectivity index (χ2v) is 7.74. The molecule has 0 saturated carbocycles. The zero-order valence-electron chi connectivity index (χ0n) is 19.1. The molecule has 3 N–H and O–H groups in total. The molecule has 0 saturated heterocycles. The topological polar surface area (TPSA) is 109 Å². The summed E-state index contributed by atoms with van der Waals surface area (Å²) in [5.41, 5.74) is 5.14. The first-order chi connectivity index (χ1) is 15.9. The lowest BCUT2D eigenvalue weighted by atomic mass is 10.1. The van der Waals surface area contributed by atoms with Gasteiger partial charge in [-0.15, -0.1) is 0 Å². The Hall–Kier alpha value is -3.94. The highest BCUT2D eigenvalue weighted by molar-refractivity contribution is 6.04. The number of benzene rings is 1. The van der Waals surface area contributed by atoms with Gasteiger partial charge in [-0.05, 0) is 49.6 Å². The third-order valence-electron chi connectivity index (χ3n) is 5.27. The van der Waals surface area contributed by atoms with Gasteiger partial charge in [-0.1, -0.05) is 31.2 Å². The summed E-state index contributed by atoms with van der Waals surface area (Å²) in [6.07, 6.45) is 3.60. The van der Waals surface area contributed by atoms with Crippen LogP contribution in [0.1, 0.15) is 51.8 Å². The molecule has 3 aromatic rings. The smallest absolute Gasteiger partial charge is 0.412 e. The molecule has 0 spiro atoms. The van der Waals surface area contributed by atoms with Crippen molar-refractivity contribution in [3.8, 4) is 0 Å². The molecule has 2 heterocycles. The molecule has 33 heavy (non-hydrogen) atoms. The van der Waals surface area contributed by atoms with Crippen molar-refractivity contribution >= 4 is 17.8 Å². The number of nitrogens with zero attached hydrogens (tertiary/aromatic N) is 2. The SMILES string of the molecule is CCCOC(=O)NC(=N)c1ccc(CNC(=O)c2cc(C)n(Cc3ccncc3)c2C)cc1. The van der Waals surface area contributed by atoms with Crippen LogP contribution < -0.4 is 10.6 Å². The molecular weight excluding hydrogens is 418 g/mol. The molecule has 0 bridgehead atoms. The Morgan fingerprint density at radius 3 is 2.42 bits per heavy atom. The van der Waals surface area contributed by atoms with E-state index in [1.807, 2.05) is 51.1 Å². The van der Waals surface area contributed by atoms with Crippen molar-refractivity contribution < 1.29 is 14.3 Å². The first kappa shape index (κ1) is 23.7. The molecule has 0 fully saturated rings. The number of nitrogens with one attached hydrogen (secondary N) is 3. The van der Waals surface area contributed by atoms with Crippen LogP contribution >= 0.6 is 0 Å². The number of amides is 2. The highest BCUT2D eigenvalue weighted by Crippen LogP contribution is 2.17. The van der Waals surface area contributed by atoms with E-state index in [0.717, 1.165) is 28.9 Å². The second-order valence-electron chi connectivity index (χ2n) is 7.74. The van der Waals surface area contributed by atoms with Crippen molar-refractivity contribution in [3.63, 3.8) is 0 Å². The number of aryl methyl sites for hydroxylation is 1. The Balaban J connectivity index is 1.58. The first-order valence-electron chi connectivity index (χ1n) is 10.8. The maximum absolute atomic E-state index is 12.8. The summed E-state index contributed by atoms with van der Waals surface area (Å²) >= 11 is 0. The number of hydrogen-bond donors (Lipinski definition) is 3. The van der Waals surface area contributed by atoms with Crippen LogP contribution in [0.3, 0.4) is 0 Å². The van der Waals surface area contributed by atoms with Crippen LogP contribution in [0.5, 0.6) is 0 Å². The van der Waals surface area contributed by atoms with Crippen LogP contribution in [-0.4, -0.2) is 34.0 Å². The highest BCUT2D eigenvalue weighted by Gasteiger charge is 2.16. The number of hydrogen-bond acceptors (Lipinski definition) is 5. The molecular formula is C25H29N5O3. The normalized spacial score (nSPS) is 10.5. The Bertz CT molecular complexity index is 1120. The molecule has 8 heteroatoms. The summed E-state index contributed by atoms with van der Waals surface area (Å²) in [4.78, 5) is 28.5. The summed E-state index contributed by atoms with van der Waals surface area (Å²) in [7, 11) is 0. The molecule has 172 valence electrons. The van der Waals surface area contributed by atoms with E-state index in [2.05, 4.69) is 20.2 Å². The molecule has 1 aromatic carbocycles. The molecule has 0 aliphatic carbocycles. The first-order valence-corrected chi connectivity index (χ1v) is 10.8. The average molecular weight is 448 g/mol. The third-order valence-corrected chi connectivity index (χ3v) is 5.27. The van der Waals surface area contributed by atoms with Gasteiger partial charge in [0.25, 0.3) is 5.91 Å². The van der Waals surface area contributed by atoms with Crippen molar-refractivity contribution in [2.24, 2.45) is 0 Å². The third kappa shape index (κ3) is 6.29. The van der Waals surface area contributed by atoms with E-state index in [4.69, 9.17) is 10.1 Å². The zero-order valence-corrected chi connectivity index (χ0v) is 19.1. The van der Waals surface area contributed by atoms with Crippen LogP contribution in [0.15, 0.2) is 54.9 Å². The van der Waals surface area contributed by atoms with Gasteiger partial charge in [-0.3, -0.25) is 20.5 Å². The Morgan fingerprint density at radius 2 is 1.76 bits per heavy atom. The van der Waals surface area contributed by atoms with Crippen molar-refractivity contribution in [1.82, 2.24) is 20.2 Å². The molecule has 0 aliphatic rings. The number of alkyl carbamates (subject to hydrolysis) is 1. The molecule has 8 nitrogen and oxygen atoms in total. The fraction of sp³-hybridized carbons (Fsp3) is 0.280. The van der Waals surface area contributed by atoms with E-state index < -0.39 is 6.09 Å². The predicted octanol–water partition coefficient (Wildman–Crippen LogP) is 3.94. The fourth-order valence-corrected chi connectivity index (χ4v) is 3.42. The minimum Gasteiger partial charge on any atom is -0.449 e. The Morgan fingerprint density at radius 1 is 1.06 bits per heavy atom. The van der Waals surface area contributed by atoms with Crippen LogP contribution in [0.2, 0.25) is 0 Å². The molecule has 0 unspecified atom stereocenters.